The van der Waals surface area contributed by atoms with E-state index in [9.17, 15) is 20.2 Å². The van der Waals surface area contributed by atoms with Gasteiger partial charge in [0.15, 0.2) is 18.1 Å². The molecule has 9 heteroatoms. The number of nitriles is 1. The number of hydrogen-bond donors (Lipinski definition) is 1. The summed E-state index contributed by atoms with van der Waals surface area (Å²) in [6.07, 6.45) is 1.64. The maximum Gasteiger partial charge on any atom is 0.269 e. The molecule has 1 N–H and O–H groups in total. The third kappa shape index (κ3) is 6.58. The van der Waals surface area contributed by atoms with E-state index in [2.05, 4.69) is 11.4 Å². The van der Waals surface area contributed by atoms with E-state index in [4.69, 9.17) is 14.2 Å². The maximum atomic E-state index is 12.4. The van der Waals surface area contributed by atoms with Crippen LogP contribution in [0.25, 0.3) is 11.6 Å². The Morgan fingerprint density at radius 1 is 1.06 bits per heavy atom. The first-order chi connectivity index (χ1) is 16.9. The van der Waals surface area contributed by atoms with E-state index in [1.165, 1.54) is 31.4 Å². The van der Waals surface area contributed by atoms with Crippen molar-refractivity contribution in [3.8, 4) is 23.3 Å². The van der Waals surface area contributed by atoms with E-state index in [1.807, 2.05) is 6.92 Å². The first kappa shape index (κ1) is 24.8. The average Bonchev–Trinajstić information content (AvgIpc) is 2.87. The highest BCUT2D eigenvalue weighted by atomic mass is 16.6. The number of amides is 1. The number of anilines is 1. The minimum atomic E-state index is -0.497. The predicted octanol–water partition coefficient (Wildman–Crippen LogP) is 5.08. The third-order valence-electron chi connectivity index (χ3n) is 4.83. The fourth-order valence-corrected chi connectivity index (χ4v) is 3.19. The van der Waals surface area contributed by atoms with Gasteiger partial charge in [0.1, 0.15) is 5.75 Å². The van der Waals surface area contributed by atoms with Crippen LogP contribution < -0.4 is 19.5 Å². The Kier molecular flexibility index (Phi) is 8.40. The summed E-state index contributed by atoms with van der Waals surface area (Å²) in [5.41, 5.74) is 2.01. The predicted molar refractivity (Wildman–Crippen MR) is 131 cm³/mol. The fourth-order valence-electron chi connectivity index (χ4n) is 3.19. The normalized spacial score (nSPS) is 10.7. The van der Waals surface area contributed by atoms with E-state index in [1.54, 1.807) is 48.5 Å². The Morgan fingerprint density at radius 3 is 2.46 bits per heavy atom. The molecule has 1 amide bonds. The summed E-state index contributed by atoms with van der Waals surface area (Å²) in [5.74, 6) is 0.944. The first-order valence-corrected chi connectivity index (χ1v) is 10.6. The van der Waals surface area contributed by atoms with Crippen LogP contribution in [0.15, 0.2) is 66.7 Å². The molecule has 0 heterocycles. The van der Waals surface area contributed by atoms with Crippen LogP contribution in [0.5, 0.6) is 17.2 Å². The fraction of sp³-hybridized carbons (Fsp3) is 0.154. The SMILES string of the molecule is CCOc1cc(/C=C(\C#N)c2ccc([N+](=O)[O-])cc2)ccc1OCC(=O)Nc1ccccc1OC. The van der Waals surface area contributed by atoms with Crippen LogP contribution in [0.4, 0.5) is 11.4 Å². The summed E-state index contributed by atoms with van der Waals surface area (Å²) in [6.45, 7) is 1.93. The molecule has 0 aliphatic rings. The number of hydrogen-bond acceptors (Lipinski definition) is 7. The standard InChI is InChI=1S/C26H23N3O6/c1-3-34-25-15-18(14-20(16-27)19-9-11-21(12-10-19)29(31)32)8-13-24(25)35-17-26(30)28-22-6-4-5-7-23(22)33-2/h4-15H,3,17H2,1-2H3,(H,28,30)/b20-14+. The smallest absolute Gasteiger partial charge is 0.269 e. The van der Waals surface area contributed by atoms with Gasteiger partial charge in [-0.3, -0.25) is 14.9 Å². The Labute approximate surface area is 202 Å². The van der Waals surface area contributed by atoms with E-state index in [-0.39, 0.29) is 18.2 Å². The van der Waals surface area contributed by atoms with E-state index >= 15 is 0 Å². The second-order valence-electron chi connectivity index (χ2n) is 7.15. The zero-order valence-corrected chi connectivity index (χ0v) is 19.2. The second kappa shape index (κ2) is 11.9. The zero-order valence-electron chi connectivity index (χ0n) is 19.2. The van der Waals surface area contributed by atoms with Crippen molar-refractivity contribution in [2.24, 2.45) is 0 Å². The highest BCUT2D eigenvalue weighted by molar-refractivity contribution is 5.93. The number of nitro benzene ring substituents is 1. The lowest BCUT2D eigenvalue weighted by atomic mass is 10.0. The van der Waals surface area contributed by atoms with Crippen LogP contribution in [0, 0.1) is 21.4 Å². The van der Waals surface area contributed by atoms with E-state index in [0.717, 1.165) is 0 Å². The molecular formula is C26H23N3O6. The molecule has 0 unspecified atom stereocenters. The number of carbonyl (C=O) groups excluding carboxylic acids is 1. The number of rotatable bonds is 10. The molecule has 0 atom stereocenters. The lowest BCUT2D eigenvalue weighted by molar-refractivity contribution is -0.384. The molecule has 0 aliphatic carbocycles. The van der Waals surface area contributed by atoms with Crippen molar-refractivity contribution in [2.45, 2.75) is 6.92 Å². The highest BCUT2D eigenvalue weighted by Gasteiger charge is 2.12. The van der Waals surface area contributed by atoms with Crippen LogP contribution >= 0.6 is 0 Å². The first-order valence-electron chi connectivity index (χ1n) is 10.6. The van der Waals surface area contributed by atoms with Gasteiger partial charge >= 0.3 is 0 Å². The minimum absolute atomic E-state index is 0.0547. The molecule has 3 aromatic carbocycles. The number of allylic oxidation sites excluding steroid dienone is 1. The van der Waals surface area contributed by atoms with Gasteiger partial charge in [0.05, 0.1) is 36.0 Å². The molecule has 0 saturated heterocycles. The van der Waals surface area contributed by atoms with Crippen molar-refractivity contribution in [2.75, 3.05) is 25.6 Å². The number of non-ortho nitro benzene ring substituents is 1. The summed E-state index contributed by atoms with van der Waals surface area (Å²) in [4.78, 5) is 22.7. The monoisotopic (exact) mass is 473 g/mol. The van der Waals surface area contributed by atoms with Crippen LogP contribution in [0.1, 0.15) is 18.1 Å². The van der Waals surface area contributed by atoms with Crippen molar-refractivity contribution in [1.82, 2.24) is 0 Å². The number of para-hydroxylation sites is 2. The lowest BCUT2D eigenvalue weighted by Crippen LogP contribution is -2.20. The van der Waals surface area contributed by atoms with Gasteiger partial charge in [-0.05, 0) is 60.5 Å². The van der Waals surface area contributed by atoms with Crippen LogP contribution in [0.2, 0.25) is 0 Å². The molecule has 3 aromatic rings. The summed E-state index contributed by atoms with van der Waals surface area (Å²) in [6, 6.07) is 20.0. The Balaban J connectivity index is 1.75. The van der Waals surface area contributed by atoms with Gasteiger partial charge in [0.25, 0.3) is 11.6 Å². The second-order valence-corrected chi connectivity index (χ2v) is 7.15. The molecule has 0 aliphatic heterocycles. The molecule has 0 saturated carbocycles. The summed E-state index contributed by atoms with van der Waals surface area (Å²) < 4.78 is 16.6. The quantitative estimate of drug-likeness (QED) is 0.188. The van der Waals surface area contributed by atoms with Crippen LogP contribution in [-0.2, 0) is 4.79 Å². The number of ether oxygens (including phenoxy) is 3. The molecule has 0 radical (unpaired) electrons. The molecular weight excluding hydrogens is 450 g/mol. The summed E-state index contributed by atoms with van der Waals surface area (Å²) in [5, 5.41) is 23.2. The molecule has 0 fully saturated rings. The topological polar surface area (TPSA) is 124 Å². The van der Waals surface area contributed by atoms with Crippen molar-refractivity contribution < 1.29 is 23.9 Å². The van der Waals surface area contributed by atoms with Gasteiger partial charge in [0, 0.05) is 12.1 Å². The minimum Gasteiger partial charge on any atom is -0.495 e. The number of benzene rings is 3. The van der Waals surface area contributed by atoms with Crippen LogP contribution in [-0.4, -0.2) is 31.2 Å². The molecule has 0 spiro atoms. The van der Waals surface area contributed by atoms with Gasteiger partial charge in [-0.15, -0.1) is 0 Å². The molecule has 0 aromatic heterocycles. The van der Waals surface area contributed by atoms with Gasteiger partial charge in [-0.2, -0.15) is 5.26 Å². The van der Waals surface area contributed by atoms with Crippen LogP contribution in [0.3, 0.4) is 0 Å². The maximum absolute atomic E-state index is 12.4. The van der Waals surface area contributed by atoms with Gasteiger partial charge in [0.2, 0.25) is 0 Å². The molecule has 9 nitrogen and oxygen atoms in total. The Bertz CT molecular complexity index is 1280. The number of nitrogens with zero attached hydrogens (tertiary/aromatic N) is 2. The van der Waals surface area contributed by atoms with Crippen molar-refractivity contribution in [3.05, 3.63) is 88.0 Å². The number of nitro groups is 1. The average molecular weight is 473 g/mol. The summed E-state index contributed by atoms with van der Waals surface area (Å²) in [7, 11) is 1.52. The largest absolute Gasteiger partial charge is 0.495 e. The Morgan fingerprint density at radius 2 is 1.80 bits per heavy atom. The van der Waals surface area contributed by atoms with Gasteiger partial charge in [-0.1, -0.05) is 18.2 Å². The summed E-state index contributed by atoms with van der Waals surface area (Å²) >= 11 is 0. The molecule has 178 valence electrons. The van der Waals surface area contributed by atoms with E-state index in [0.29, 0.717) is 46.2 Å². The number of carbonyl (C=O) groups is 1. The zero-order chi connectivity index (χ0) is 25.2. The third-order valence-corrected chi connectivity index (χ3v) is 4.83. The van der Waals surface area contributed by atoms with Crippen molar-refractivity contribution >= 4 is 28.9 Å². The molecule has 35 heavy (non-hydrogen) atoms. The van der Waals surface area contributed by atoms with Crippen molar-refractivity contribution in [1.29, 1.82) is 5.26 Å². The highest BCUT2D eigenvalue weighted by Crippen LogP contribution is 2.31. The van der Waals surface area contributed by atoms with E-state index < -0.39 is 4.92 Å². The van der Waals surface area contributed by atoms with Crippen molar-refractivity contribution in [3.63, 3.8) is 0 Å². The number of methoxy groups -OCH3 is 1. The number of nitrogens with one attached hydrogen (secondary N) is 1. The lowest BCUT2D eigenvalue weighted by Gasteiger charge is -2.14. The molecule has 0 bridgehead atoms. The molecule has 3 rings (SSSR count). The van der Waals surface area contributed by atoms with Gasteiger partial charge < -0.3 is 19.5 Å². The Hall–Kier alpha value is -4.84. The van der Waals surface area contributed by atoms with Gasteiger partial charge in [-0.25, -0.2) is 0 Å².